The first-order chi connectivity index (χ1) is 15.7. The van der Waals surface area contributed by atoms with Gasteiger partial charge >= 0.3 is 0 Å². The molecule has 0 spiro atoms. The number of aliphatic imine (C=N–C) groups is 2. The number of nitrogens with one attached hydrogen (secondary N) is 1. The Morgan fingerprint density at radius 2 is 1.75 bits per heavy atom. The van der Waals surface area contributed by atoms with Crippen LogP contribution < -0.4 is 5.32 Å². The van der Waals surface area contributed by atoms with Crippen molar-refractivity contribution in [2.75, 3.05) is 52.9 Å². The maximum Gasteiger partial charge on any atom is 0.218 e. The van der Waals surface area contributed by atoms with Crippen LogP contribution >= 0.6 is 11.6 Å². The van der Waals surface area contributed by atoms with Crippen molar-refractivity contribution in [3.05, 3.63) is 70.2 Å². The Morgan fingerprint density at radius 1 is 1.00 bits per heavy atom. The summed E-state index contributed by atoms with van der Waals surface area (Å²) < 4.78 is 0. The smallest absolute Gasteiger partial charge is 0.218 e. The average molecular weight is 450 g/mol. The molecule has 1 fully saturated rings. The summed E-state index contributed by atoms with van der Waals surface area (Å²) in [6, 6.07) is 16.9. The predicted molar refractivity (Wildman–Crippen MR) is 133 cm³/mol. The molecule has 0 bridgehead atoms. The van der Waals surface area contributed by atoms with Crippen LogP contribution in [-0.2, 0) is 0 Å². The van der Waals surface area contributed by atoms with Crippen LogP contribution in [0.2, 0.25) is 5.02 Å². The molecule has 5 nitrogen and oxygen atoms in total. The van der Waals surface area contributed by atoms with Gasteiger partial charge in [-0.3, -0.25) is 4.99 Å². The summed E-state index contributed by atoms with van der Waals surface area (Å²) in [5, 5.41) is 4.33. The van der Waals surface area contributed by atoms with Gasteiger partial charge in [-0.05, 0) is 43.6 Å². The number of rotatable bonds is 5. The van der Waals surface area contributed by atoms with Gasteiger partial charge in [-0.1, -0.05) is 54.1 Å². The molecule has 0 amide bonds. The Bertz CT molecular complexity index is 1010. The van der Waals surface area contributed by atoms with E-state index < -0.39 is 0 Å². The molecule has 2 aromatic carbocycles. The van der Waals surface area contributed by atoms with Gasteiger partial charge in [-0.2, -0.15) is 0 Å². The topological polar surface area (TPSA) is 43.2 Å². The van der Waals surface area contributed by atoms with E-state index in [9.17, 15) is 0 Å². The molecular weight excluding hydrogens is 418 g/mol. The molecule has 168 valence electrons. The first-order valence-electron chi connectivity index (χ1n) is 11.8. The van der Waals surface area contributed by atoms with Gasteiger partial charge in [-0.25, -0.2) is 4.99 Å². The molecule has 0 aromatic heterocycles. The lowest BCUT2D eigenvalue weighted by atomic mass is 9.72. The van der Waals surface area contributed by atoms with E-state index in [0.29, 0.717) is 5.92 Å². The van der Waals surface area contributed by atoms with Crippen molar-refractivity contribution in [2.24, 2.45) is 15.9 Å². The number of piperazine rings is 1. The van der Waals surface area contributed by atoms with Crippen LogP contribution in [0.15, 0.2) is 58.5 Å². The second kappa shape index (κ2) is 9.74. The summed E-state index contributed by atoms with van der Waals surface area (Å²) in [4.78, 5) is 14.7. The van der Waals surface area contributed by atoms with Gasteiger partial charge < -0.3 is 15.1 Å². The van der Waals surface area contributed by atoms with Crippen molar-refractivity contribution in [1.82, 2.24) is 15.1 Å². The largest absolute Gasteiger partial charge is 0.354 e. The molecule has 5 rings (SSSR count). The summed E-state index contributed by atoms with van der Waals surface area (Å²) in [5.74, 6) is 1.42. The lowest BCUT2D eigenvalue weighted by Crippen LogP contribution is -2.45. The first-order valence-corrected chi connectivity index (χ1v) is 12.2. The minimum Gasteiger partial charge on any atom is -0.354 e. The highest BCUT2D eigenvalue weighted by Gasteiger charge is 2.35. The van der Waals surface area contributed by atoms with Gasteiger partial charge in [0, 0.05) is 55.1 Å². The first kappa shape index (κ1) is 21.6. The maximum atomic E-state index is 6.58. The van der Waals surface area contributed by atoms with E-state index in [2.05, 4.69) is 58.6 Å². The Kier molecular flexibility index (Phi) is 6.58. The van der Waals surface area contributed by atoms with Crippen molar-refractivity contribution in [3.63, 3.8) is 0 Å². The van der Waals surface area contributed by atoms with Crippen molar-refractivity contribution in [1.29, 1.82) is 0 Å². The molecule has 2 atom stereocenters. The van der Waals surface area contributed by atoms with Crippen LogP contribution in [-0.4, -0.2) is 74.3 Å². The number of hydrogen-bond acceptors (Lipinski definition) is 5. The molecule has 2 aliphatic heterocycles. The van der Waals surface area contributed by atoms with Crippen LogP contribution in [0, 0.1) is 5.92 Å². The van der Waals surface area contributed by atoms with Gasteiger partial charge in [0.2, 0.25) is 5.96 Å². The SMILES string of the molecule is CN1CCN(CCCNC2=NCC3CC(c4ccccc4Cl)c4ccccc4C3=N2)CC1. The zero-order valence-electron chi connectivity index (χ0n) is 18.8. The predicted octanol–water partition coefficient (Wildman–Crippen LogP) is 3.88. The molecular formula is C26H32ClN5. The zero-order chi connectivity index (χ0) is 21.9. The van der Waals surface area contributed by atoms with E-state index in [0.717, 1.165) is 43.5 Å². The van der Waals surface area contributed by atoms with Crippen molar-refractivity contribution >= 4 is 23.3 Å². The summed E-state index contributed by atoms with van der Waals surface area (Å²) >= 11 is 6.58. The Balaban J connectivity index is 1.26. The second-order valence-electron chi connectivity index (χ2n) is 9.18. The summed E-state index contributed by atoms with van der Waals surface area (Å²) in [7, 11) is 2.20. The van der Waals surface area contributed by atoms with E-state index in [-0.39, 0.29) is 5.92 Å². The van der Waals surface area contributed by atoms with Gasteiger partial charge in [0.15, 0.2) is 0 Å². The number of halogens is 1. The highest BCUT2D eigenvalue weighted by molar-refractivity contribution is 6.31. The monoisotopic (exact) mass is 449 g/mol. The molecule has 3 aliphatic rings. The third kappa shape index (κ3) is 4.61. The van der Waals surface area contributed by atoms with E-state index in [1.165, 1.54) is 48.6 Å². The van der Waals surface area contributed by atoms with Gasteiger partial charge in [0.1, 0.15) is 0 Å². The Hall–Kier alpha value is -2.21. The number of hydrogen-bond donors (Lipinski definition) is 1. The number of benzene rings is 2. The number of guanidine groups is 1. The van der Waals surface area contributed by atoms with Crippen LogP contribution in [0.25, 0.3) is 0 Å². The zero-order valence-corrected chi connectivity index (χ0v) is 19.6. The molecule has 6 heteroatoms. The third-order valence-electron chi connectivity index (χ3n) is 7.02. The lowest BCUT2D eigenvalue weighted by molar-refractivity contribution is 0.153. The summed E-state index contributed by atoms with van der Waals surface area (Å²) in [6.07, 6.45) is 2.11. The molecule has 0 saturated carbocycles. The molecule has 2 heterocycles. The average Bonchev–Trinajstić information content (AvgIpc) is 2.83. The Morgan fingerprint density at radius 3 is 2.56 bits per heavy atom. The van der Waals surface area contributed by atoms with Crippen LogP contribution in [0.3, 0.4) is 0 Å². The lowest BCUT2D eigenvalue weighted by Gasteiger charge is -2.34. The minimum absolute atomic E-state index is 0.289. The molecule has 0 radical (unpaired) electrons. The highest BCUT2D eigenvalue weighted by Crippen LogP contribution is 2.42. The van der Waals surface area contributed by atoms with Gasteiger partial charge in [-0.15, -0.1) is 0 Å². The number of nitrogens with zero attached hydrogens (tertiary/aromatic N) is 4. The molecule has 1 saturated heterocycles. The maximum absolute atomic E-state index is 6.58. The number of fused-ring (bicyclic) bond motifs is 3. The van der Waals surface area contributed by atoms with Crippen molar-refractivity contribution < 1.29 is 0 Å². The molecule has 32 heavy (non-hydrogen) atoms. The number of likely N-dealkylation sites (N-methyl/N-ethyl adjacent to an activating group) is 1. The molecule has 1 aliphatic carbocycles. The van der Waals surface area contributed by atoms with E-state index in [1.807, 2.05) is 12.1 Å². The molecule has 1 N–H and O–H groups in total. The second-order valence-corrected chi connectivity index (χ2v) is 9.59. The fraction of sp³-hybridized carbons (Fsp3) is 0.462. The standard InChI is InChI=1S/C26H32ClN5/c1-31-13-15-32(16-14-31)12-6-11-28-26-29-18-19-17-23(21-8-4-5-10-24(21)27)20-7-2-3-9-22(20)25(19)30-26/h2-5,7-10,19,23H,6,11-18H2,1H3,(H,28,29). The van der Waals surface area contributed by atoms with Crippen LogP contribution in [0.4, 0.5) is 0 Å². The van der Waals surface area contributed by atoms with Gasteiger partial charge in [0.25, 0.3) is 0 Å². The highest BCUT2D eigenvalue weighted by atomic mass is 35.5. The molecule has 2 unspecified atom stereocenters. The van der Waals surface area contributed by atoms with Crippen LogP contribution in [0.5, 0.6) is 0 Å². The fourth-order valence-electron chi connectivity index (χ4n) is 5.16. The van der Waals surface area contributed by atoms with E-state index in [4.69, 9.17) is 21.6 Å². The normalized spacial score (nSPS) is 23.7. The quantitative estimate of drug-likeness (QED) is 0.704. The fourth-order valence-corrected chi connectivity index (χ4v) is 5.43. The van der Waals surface area contributed by atoms with E-state index in [1.54, 1.807) is 0 Å². The summed E-state index contributed by atoms with van der Waals surface area (Å²) in [6.45, 7) is 7.52. The minimum atomic E-state index is 0.289. The van der Waals surface area contributed by atoms with Crippen LogP contribution in [0.1, 0.15) is 35.4 Å². The van der Waals surface area contributed by atoms with Crippen molar-refractivity contribution in [2.45, 2.75) is 18.8 Å². The van der Waals surface area contributed by atoms with E-state index >= 15 is 0 Å². The third-order valence-corrected chi connectivity index (χ3v) is 7.36. The summed E-state index contributed by atoms with van der Waals surface area (Å²) in [5.41, 5.74) is 4.96. The van der Waals surface area contributed by atoms with Crippen molar-refractivity contribution in [3.8, 4) is 0 Å². The Labute approximate surface area is 196 Å². The van der Waals surface area contributed by atoms with Gasteiger partial charge in [0.05, 0.1) is 12.3 Å². The molecule has 2 aromatic rings.